The van der Waals surface area contributed by atoms with Crippen molar-refractivity contribution in [1.29, 1.82) is 0 Å². The topological polar surface area (TPSA) is 124 Å². The Labute approximate surface area is 180 Å². The normalized spacial score (nSPS) is 13.5. The number of benzene rings is 1. The van der Waals surface area contributed by atoms with E-state index in [0.29, 0.717) is 38.4 Å². The van der Waals surface area contributed by atoms with Crippen molar-refractivity contribution in [3.63, 3.8) is 0 Å². The molecule has 0 atom stereocenters. The zero-order chi connectivity index (χ0) is 21.3. The third-order valence-electron chi connectivity index (χ3n) is 4.66. The number of hydrogen-bond donors (Lipinski definition) is 1. The Kier molecular flexibility index (Phi) is 5.82. The number of amides is 2. The van der Waals surface area contributed by atoms with Gasteiger partial charge in [0.15, 0.2) is 4.34 Å². The second-order valence-electron chi connectivity index (χ2n) is 6.89. The summed E-state index contributed by atoms with van der Waals surface area (Å²) in [5.74, 6) is 0.170. The van der Waals surface area contributed by atoms with E-state index in [0.717, 1.165) is 12.8 Å². The summed E-state index contributed by atoms with van der Waals surface area (Å²) in [6.07, 6.45) is 2.38. The van der Waals surface area contributed by atoms with Crippen LogP contribution in [0.2, 0.25) is 0 Å². The van der Waals surface area contributed by atoms with Crippen LogP contribution in [-0.2, 0) is 21.9 Å². The van der Waals surface area contributed by atoms with Gasteiger partial charge >= 0.3 is 0 Å². The van der Waals surface area contributed by atoms with Gasteiger partial charge in [-0.1, -0.05) is 42.2 Å². The Bertz CT molecular complexity index is 1170. The number of hydrogen-bond acceptors (Lipinski definition) is 8. The highest BCUT2D eigenvalue weighted by atomic mass is 32.2. The first-order valence-corrected chi connectivity index (χ1v) is 11.3. The van der Waals surface area contributed by atoms with E-state index in [9.17, 15) is 14.4 Å². The van der Waals surface area contributed by atoms with Crippen LogP contribution in [0.1, 0.15) is 32.0 Å². The van der Waals surface area contributed by atoms with Crippen LogP contribution in [0.3, 0.4) is 0 Å². The van der Waals surface area contributed by atoms with Crippen molar-refractivity contribution in [2.75, 3.05) is 4.90 Å². The summed E-state index contributed by atoms with van der Waals surface area (Å²) < 4.78 is 1.96. The predicted molar refractivity (Wildman–Crippen MR) is 115 cm³/mol. The van der Waals surface area contributed by atoms with Gasteiger partial charge in [-0.3, -0.25) is 23.9 Å². The molecule has 2 heterocycles. The summed E-state index contributed by atoms with van der Waals surface area (Å²) in [7, 11) is 0. The van der Waals surface area contributed by atoms with Crippen LogP contribution < -0.4 is 16.2 Å². The number of primary amides is 1. The quantitative estimate of drug-likeness (QED) is 0.416. The molecular weight excluding hydrogens is 424 g/mol. The molecule has 2 amide bonds. The molecule has 1 aliphatic rings. The zero-order valence-corrected chi connectivity index (χ0v) is 17.9. The van der Waals surface area contributed by atoms with Gasteiger partial charge in [-0.05, 0) is 25.0 Å². The first-order chi connectivity index (χ1) is 14.5. The van der Waals surface area contributed by atoms with Crippen LogP contribution in [0.4, 0.5) is 5.13 Å². The van der Waals surface area contributed by atoms with Crippen LogP contribution in [0, 0.1) is 0 Å². The van der Waals surface area contributed by atoms with Gasteiger partial charge in [-0.25, -0.2) is 4.98 Å². The first kappa shape index (κ1) is 20.5. The number of nitrogens with two attached hydrogens (primary N) is 1. The van der Waals surface area contributed by atoms with Gasteiger partial charge in [0.25, 0.3) is 5.56 Å². The van der Waals surface area contributed by atoms with E-state index in [1.807, 2.05) is 6.92 Å². The maximum Gasteiger partial charge on any atom is 0.261 e. The number of para-hydroxylation sites is 1. The highest BCUT2D eigenvalue weighted by Gasteiger charge is 2.35. The lowest BCUT2D eigenvalue weighted by atomic mass is 10.2. The van der Waals surface area contributed by atoms with Crippen molar-refractivity contribution >= 4 is 50.9 Å². The summed E-state index contributed by atoms with van der Waals surface area (Å²) in [4.78, 5) is 42.9. The van der Waals surface area contributed by atoms with Gasteiger partial charge in [-0.2, -0.15) is 0 Å². The number of anilines is 1. The van der Waals surface area contributed by atoms with Gasteiger partial charge in [0.1, 0.15) is 12.4 Å². The van der Waals surface area contributed by atoms with Gasteiger partial charge in [0.2, 0.25) is 16.9 Å². The Hall–Kier alpha value is -2.79. The molecule has 0 radical (unpaired) electrons. The minimum Gasteiger partial charge on any atom is -0.368 e. The molecule has 1 aliphatic carbocycles. The highest BCUT2D eigenvalue weighted by Crippen LogP contribution is 2.36. The van der Waals surface area contributed by atoms with E-state index in [1.165, 1.54) is 27.7 Å². The van der Waals surface area contributed by atoms with E-state index < -0.39 is 5.91 Å². The van der Waals surface area contributed by atoms with Gasteiger partial charge in [-0.15, -0.1) is 10.2 Å². The van der Waals surface area contributed by atoms with Crippen molar-refractivity contribution in [2.24, 2.45) is 5.73 Å². The summed E-state index contributed by atoms with van der Waals surface area (Å²) in [5.41, 5.74) is 5.59. The molecule has 1 aromatic carbocycles. The molecule has 2 N–H and O–H groups in total. The molecule has 0 bridgehead atoms. The second kappa shape index (κ2) is 8.52. The molecular formula is C19H20N6O3S2. The number of carbonyl (C=O) groups is 2. The van der Waals surface area contributed by atoms with E-state index in [1.54, 1.807) is 29.2 Å². The lowest BCUT2D eigenvalue weighted by molar-refractivity contribution is -0.119. The molecule has 1 saturated carbocycles. The van der Waals surface area contributed by atoms with Crippen molar-refractivity contribution in [3.05, 3.63) is 40.4 Å². The number of nitrogens with zero attached hydrogens (tertiary/aromatic N) is 5. The van der Waals surface area contributed by atoms with Crippen molar-refractivity contribution in [2.45, 2.75) is 48.9 Å². The summed E-state index contributed by atoms with van der Waals surface area (Å²) >= 11 is 2.69. The summed E-state index contributed by atoms with van der Waals surface area (Å²) in [6.45, 7) is 1.59. The molecule has 0 spiro atoms. The Balaban J connectivity index is 1.59. The third-order valence-corrected chi connectivity index (χ3v) is 6.72. The minimum atomic E-state index is -0.614. The highest BCUT2D eigenvalue weighted by molar-refractivity contribution is 8.00. The molecule has 1 fully saturated rings. The van der Waals surface area contributed by atoms with E-state index in [4.69, 9.17) is 5.73 Å². The standard InChI is InChI=1S/C19H20N6O3S2/c1-2-16(27)25(11-7-8-11)18-22-23-19(30-18)29-10-15-21-13-6-4-3-5-12(13)17(28)24(15)9-14(20)26/h3-6,11H,2,7-10H2,1H3,(H2,20,26). The Morgan fingerprint density at radius 2 is 2.07 bits per heavy atom. The Morgan fingerprint density at radius 3 is 2.77 bits per heavy atom. The molecule has 4 rings (SSSR count). The monoisotopic (exact) mass is 444 g/mol. The minimum absolute atomic E-state index is 0.0386. The average Bonchev–Trinajstić information content (AvgIpc) is 3.46. The van der Waals surface area contributed by atoms with Crippen molar-refractivity contribution in [1.82, 2.24) is 19.7 Å². The Morgan fingerprint density at radius 1 is 1.30 bits per heavy atom. The van der Waals surface area contributed by atoms with Crippen molar-refractivity contribution < 1.29 is 9.59 Å². The number of rotatable bonds is 8. The van der Waals surface area contributed by atoms with Crippen LogP contribution in [0.5, 0.6) is 0 Å². The number of thioether (sulfide) groups is 1. The number of aromatic nitrogens is 4. The lowest BCUT2D eigenvalue weighted by Crippen LogP contribution is -2.32. The van der Waals surface area contributed by atoms with Crippen LogP contribution in [0.25, 0.3) is 10.9 Å². The lowest BCUT2D eigenvalue weighted by Gasteiger charge is -2.17. The smallest absolute Gasteiger partial charge is 0.261 e. The largest absolute Gasteiger partial charge is 0.368 e. The number of fused-ring (bicyclic) bond motifs is 1. The average molecular weight is 445 g/mol. The maximum atomic E-state index is 12.8. The molecule has 11 heteroatoms. The molecule has 30 heavy (non-hydrogen) atoms. The fourth-order valence-corrected chi connectivity index (χ4v) is 4.97. The summed E-state index contributed by atoms with van der Waals surface area (Å²) in [6, 6.07) is 7.20. The fraction of sp³-hybridized carbons (Fsp3) is 0.368. The number of carbonyl (C=O) groups excluding carboxylic acids is 2. The van der Waals surface area contributed by atoms with Crippen LogP contribution in [0.15, 0.2) is 33.4 Å². The van der Waals surface area contributed by atoms with Gasteiger partial charge in [0, 0.05) is 12.5 Å². The molecule has 9 nitrogen and oxygen atoms in total. The van der Waals surface area contributed by atoms with E-state index in [-0.39, 0.29) is 24.1 Å². The maximum absolute atomic E-state index is 12.8. The second-order valence-corrected chi connectivity index (χ2v) is 9.07. The summed E-state index contributed by atoms with van der Waals surface area (Å²) in [5, 5.41) is 9.40. The first-order valence-electron chi connectivity index (χ1n) is 9.53. The molecule has 3 aromatic rings. The zero-order valence-electron chi connectivity index (χ0n) is 16.3. The SMILES string of the molecule is CCC(=O)N(c1nnc(SCc2nc3ccccc3c(=O)n2CC(N)=O)s1)C1CC1. The van der Waals surface area contributed by atoms with Gasteiger partial charge < -0.3 is 5.73 Å². The van der Waals surface area contributed by atoms with Crippen LogP contribution in [-0.4, -0.2) is 37.6 Å². The third kappa shape index (κ3) is 4.21. The molecule has 0 unspecified atom stereocenters. The predicted octanol–water partition coefficient (Wildman–Crippen LogP) is 1.93. The molecule has 2 aromatic heterocycles. The van der Waals surface area contributed by atoms with E-state index >= 15 is 0 Å². The molecule has 156 valence electrons. The van der Waals surface area contributed by atoms with Gasteiger partial charge in [0.05, 0.1) is 16.7 Å². The van der Waals surface area contributed by atoms with Crippen LogP contribution >= 0.6 is 23.1 Å². The van der Waals surface area contributed by atoms with Crippen molar-refractivity contribution in [3.8, 4) is 0 Å². The molecule has 0 saturated heterocycles. The molecule has 0 aliphatic heterocycles. The van der Waals surface area contributed by atoms with E-state index in [2.05, 4.69) is 15.2 Å². The fourth-order valence-electron chi connectivity index (χ4n) is 3.10.